The lowest BCUT2D eigenvalue weighted by atomic mass is 10.0. The predicted octanol–water partition coefficient (Wildman–Crippen LogP) is 3.82. The van der Waals surface area contributed by atoms with Gasteiger partial charge in [0.1, 0.15) is 10.7 Å². The van der Waals surface area contributed by atoms with Gasteiger partial charge >= 0.3 is 0 Å². The quantitative estimate of drug-likeness (QED) is 0.817. The van der Waals surface area contributed by atoms with Gasteiger partial charge in [0.25, 0.3) is 0 Å². The molecule has 0 unspecified atom stereocenters. The fourth-order valence-corrected chi connectivity index (χ4v) is 4.41. The molecule has 3 rings (SSSR count). The largest absolute Gasteiger partial charge is 0.316 e. The van der Waals surface area contributed by atoms with E-state index in [1.54, 1.807) is 12.1 Å². The van der Waals surface area contributed by atoms with Crippen molar-refractivity contribution in [3.8, 4) is 0 Å². The number of thiophene rings is 1. The monoisotopic (exact) mass is 366 g/mol. The van der Waals surface area contributed by atoms with Gasteiger partial charge in [-0.2, -0.15) is 11.8 Å². The summed E-state index contributed by atoms with van der Waals surface area (Å²) in [7, 11) is 0. The molecule has 0 bridgehead atoms. The number of carbonyl (C=O) groups excluding carboxylic acids is 2. The van der Waals surface area contributed by atoms with Crippen LogP contribution in [0.15, 0.2) is 18.3 Å². The molecule has 0 aromatic carbocycles. The summed E-state index contributed by atoms with van der Waals surface area (Å²) in [6, 6.07) is 3.28. The Hall–Kier alpha value is -1.37. The van der Waals surface area contributed by atoms with Crippen molar-refractivity contribution in [3.05, 3.63) is 45.1 Å². The normalized spacial score (nSPS) is 13.0. The van der Waals surface area contributed by atoms with Crippen molar-refractivity contribution in [2.75, 3.05) is 17.3 Å². The van der Waals surface area contributed by atoms with Gasteiger partial charge in [-0.05, 0) is 43.2 Å². The second-order valence-electron chi connectivity index (χ2n) is 5.23. The lowest BCUT2D eigenvalue weighted by Gasteiger charge is -2.07. The van der Waals surface area contributed by atoms with Crippen LogP contribution in [0.25, 0.3) is 0 Å². The Morgan fingerprint density at radius 3 is 2.91 bits per heavy atom. The van der Waals surface area contributed by atoms with Gasteiger partial charge in [0, 0.05) is 11.1 Å². The van der Waals surface area contributed by atoms with Crippen LogP contribution in [0.2, 0.25) is 5.02 Å². The van der Waals surface area contributed by atoms with E-state index in [4.69, 9.17) is 11.6 Å². The van der Waals surface area contributed by atoms with E-state index < -0.39 is 0 Å². The molecule has 0 fully saturated rings. The van der Waals surface area contributed by atoms with Crippen molar-refractivity contribution >= 4 is 51.4 Å². The highest BCUT2D eigenvalue weighted by Gasteiger charge is 2.28. The molecule has 2 aromatic heterocycles. The average molecular weight is 367 g/mol. The first-order valence-corrected chi connectivity index (χ1v) is 9.78. The van der Waals surface area contributed by atoms with Crippen LogP contribution in [0, 0.1) is 0 Å². The minimum atomic E-state index is -0.152. The van der Waals surface area contributed by atoms with Gasteiger partial charge in [0.2, 0.25) is 11.7 Å². The fraction of sp³-hybridized carbons (Fsp3) is 0.312. The van der Waals surface area contributed by atoms with Gasteiger partial charge in [-0.1, -0.05) is 11.6 Å². The molecule has 2 heterocycles. The molecule has 0 saturated heterocycles. The number of hydrogen-bond donors (Lipinski definition) is 1. The molecule has 0 saturated carbocycles. The van der Waals surface area contributed by atoms with E-state index in [1.807, 2.05) is 6.26 Å². The number of pyridine rings is 1. The molecule has 0 radical (unpaired) electrons. The molecule has 1 amide bonds. The van der Waals surface area contributed by atoms with Gasteiger partial charge < -0.3 is 5.32 Å². The summed E-state index contributed by atoms with van der Waals surface area (Å²) in [5.41, 5.74) is 2.02. The van der Waals surface area contributed by atoms with Crippen LogP contribution in [-0.4, -0.2) is 28.7 Å². The number of nitrogens with zero attached hydrogens (tertiary/aromatic N) is 1. The number of carbonyl (C=O) groups is 2. The van der Waals surface area contributed by atoms with Crippen LogP contribution in [0.3, 0.4) is 0 Å². The van der Waals surface area contributed by atoms with Gasteiger partial charge in [-0.25, -0.2) is 0 Å². The number of aryl methyl sites for hydroxylation is 1. The van der Waals surface area contributed by atoms with Gasteiger partial charge in [0.05, 0.1) is 16.3 Å². The molecular formula is C16H15ClN2O2S2. The Kier molecular flexibility index (Phi) is 5.04. The number of anilines is 1. The molecule has 1 N–H and O–H groups in total. The lowest BCUT2D eigenvalue weighted by molar-refractivity contribution is -0.113. The third-order valence-electron chi connectivity index (χ3n) is 3.64. The number of hydrogen-bond acceptors (Lipinski definition) is 5. The molecule has 1 aliphatic carbocycles. The fourth-order valence-electron chi connectivity index (χ4n) is 2.66. The van der Waals surface area contributed by atoms with Gasteiger partial charge in [-0.15, -0.1) is 11.3 Å². The smallest absolute Gasteiger partial charge is 0.234 e. The number of halogens is 1. The maximum atomic E-state index is 12.9. The third kappa shape index (κ3) is 3.44. The highest BCUT2D eigenvalue weighted by atomic mass is 35.5. The average Bonchev–Trinajstić information content (AvgIpc) is 3.08. The summed E-state index contributed by atoms with van der Waals surface area (Å²) < 4.78 is 0. The van der Waals surface area contributed by atoms with E-state index >= 15 is 0 Å². The van der Waals surface area contributed by atoms with Crippen molar-refractivity contribution in [1.29, 1.82) is 0 Å². The maximum absolute atomic E-state index is 12.9. The zero-order chi connectivity index (χ0) is 16.4. The Balaban J connectivity index is 1.97. The maximum Gasteiger partial charge on any atom is 0.234 e. The topological polar surface area (TPSA) is 59.1 Å². The summed E-state index contributed by atoms with van der Waals surface area (Å²) in [6.45, 7) is 0. The summed E-state index contributed by atoms with van der Waals surface area (Å²) in [6.07, 6.45) is 6.23. The number of thioether (sulfide) groups is 1. The van der Waals surface area contributed by atoms with E-state index in [9.17, 15) is 9.59 Å². The standard InChI is InChI=1S/C16H15ClN2O2S2/c1-22-8-13(20)19-16-14(10-3-2-4-12(10)23-16)15(21)11-6-5-9(17)7-18-11/h5-7H,2-4,8H2,1H3,(H,19,20). The summed E-state index contributed by atoms with van der Waals surface area (Å²) >= 11 is 8.80. The zero-order valence-electron chi connectivity index (χ0n) is 12.5. The Bertz CT molecular complexity index is 756. The minimum Gasteiger partial charge on any atom is -0.316 e. The number of rotatable bonds is 5. The van der Waals surface area contributed by atoms with E-state index in [2.05, 4.69) is 10.3 Å². The van der Waals surface area contributed by atoms with Gasteiger partial charge in [-0.3, -0.25) is 14.6 Å². The van der Waals surface area contributed by atoms with E-state index in [0.717, 1.165) is 24.8 Å². The molecule has 23 heavy (non-hydrogen) atoms. The highest BCUT2D eigenvalue weighted by Crippen LogP contribution is 2.40. The summed E-state index contributed by atoms with van der Waals surface area (Å²) in [5, 5.41) is 4.03. The minimum absolute atomic E-state index is 0.0875. The van der Waals surface area contributed by atoms with E-state index in [-0.39, 0.29) is 11.7 Å². The van der Waals surface area contributed by atoms with Crippen molar-refractivity contribution < 1.29 is 9.59 Å². The number of nitrogens with one attached hydrogen (secondary N) is 1. The highest BCUT2D eigenvalue weighted by molar-refractivity contribution is 7.99. The predicted molar refractivity (Wildman–Crippen MR) is 96.0 cm³/mol. The molecule has 0 atom stereocenters. The van der Waals surface area contributed by atoms with Crippen molar-refractivity contribution in [2.24, 2.45) is 0 Å². The summed E-state index contributed by atoms with van der Waals surface area (Å²) in [4.78, 5) is 30.1. The molecular weight excluding hydrogens is 352 g/mol. The molecule has 2 aromatic rings. The van der Waals surface area contributed by atoms with Crippen molar-refractivity contribution in [2.45, 2.75) is 19.3 Å². The number of ketones is 1. The molecule has 7 heteroatoms. The lowest BCUT2D eigenvalue weighted by Crippen LogP contribution is -2.16. The van der Waals surface area contributed by atoms with Gasteiger partial charge in [0.15, 0.2) is 0 Å². The Labute approximate surface area is 147 Å². The molecule has 1 aliphatic rings. The first kappa shape index (κ1) is 16.5. The molecule has 0 aliphatic heterocycles. The van der Waals surface area contributed by atoms with Crippen LogP contribution in [0.4, 0.5) is 5.00 Å². The van der Waals surface area contributed by atoms with Crippen LogP contribution in [-0.2, 0) is 17.6 Å². The van der Waals surface area contributed by atoms with Crippen LogP contribution in [0.1, 0.15) is 32.9 Å². The molecule has 0 spiro atoms. The first-order chi connectivity index (χ1) is 11.1. The number of amides is 1. The van der Waals surface area contributed by atoms with E-state index in [1.165, 1.54) is 34.2 Å². The Morgan fingerprint density at radius 2 is 2.22 bits per heavy atom. The van der Waals surface area contributed by atoms with Crippen molar-refractivity contribution in [3.63, 3.8) is 0 Å². The number of fused-ring (bicyclic) bond motifs is 1. The van der Waals surface area contributed by atoms with E-state index in [0.29, 0.717) is 27.0 Å². The Morgan fingerprint density at radius 1 is 1.39 bits per heavy atom. The summed E-state index contributed by atoms with van der Waals surface area (Å²) in [5.74, 6) is 0.131. The van der Waals surface area contributed by atoms with Crippen LogP contribution >= 0.6 is 34.7 Å². The SMILES string of the molecule is CSCC(=O)Nc1sc2c(c1C(=O)c1ccc(Cl)cn1)CCC2. The van der Waals surface area contributed by atoms with Crippen molar-refractivity contribution in [1.82, 2.24) is 4.98 Å². The second-order valence-corrected chi connectivity index (χ2v) is 7.64. The number of aromatic nitrogens is 1. The molecule has 120 valence electrons. The third-order valence-corrected chi connectivity index (χ3v) is 5.62. The first-order valence-electron chi connectivity index (χ1n) is 7.19. The zero-order valence-corrected chi connectivity index (χ0v) is 14.9. The van der Waals surface area contributed by atoms with Crippen LogP contribution < -0.4 is 5.32 Å². The molecule has 4 nitrogen and oxygen atoms in total. The van der Waals surface area contributed by atoms with Crippen LogP contribution in [0.5, 0.6) is 0 Å². The second kappa shape index (κ2) is 7.03.